The Balaban J connectivity index is 1.77. The number of aliphatic hydroxyl groups is 2. The zero-order valence-corrected chi connectivity index (χ0v) is 15.4. The van der Waals surface area contributed by atoms with Crippen molar-refractivity contribution < 1.29 is 19.7 Å². The lowest BCUT2D eigenvalue weighted by Crippen LogP contribution is -2.49. The standard InChI is InChI=1S/C18H34N2O4/c1-18(2,3)24-17(23)19-9-7-14(8-10-19)16(22)13-20(11-12-21)15-5-4-6-15/h14-16,21-22H,4-13H2,1-3H3/t16-/m0/s1. The van der Waals surface area contributed by atoms with E-state index in [-0.39, 0.29) is 18.6 Å². The number of hydrogen-bond acceptors (Lipinski definition) is 5. The van der Waals surface area contributed by atoms with E-state index in [0.29, 0.717) is 32.2 Å². The Morgan fingerprint density at radius 1 is 1.25 bits per heavy atom. The van der Waals surface area contributed by atoms with Crippen molar-refractivity contribution in [3.05, 3.63) is 0 Å². The van der Waals surface area contributed by atoms with E-state index in [0.717, 1.165) is 12.8 Å². The molecule has 0 aromatic carbocycles. The molecule has 2 fully saturated rings. The highest BCUT2D eigenvalue weighted by molar-refractivity contribution is 5.68. The molecule has 0 bridgehead atoms. The van der Waals surface area contributed by atoms with Crippen molar-refractivity contribution in [2.45, 2.75) is 70.6 Å². The minimum atomic E-state index is -0.471. The van der Waals surface area contributed by atoms with Crippen molar-refractivity contribution in [1.29, 1.82) is 0 Å². The van der Waals surface area contributed by atoms with Gasteiger partial charge >= 0.3 is 6.09 Å². The zero-order valence-electron chi connectivity index (χ0n) is 15.4. The van der Waals surface area contributed by atoms with Gasteiger partial charge in [-0.25, -0.2) is 4.79 Å². The van der Waals surface area contributed by atoms with Crippen LogP contribution in [0.2, 0.25) is 0 Å². The quantitative estimate of drug-likeness (QED) is 0.770. The molecule has 1 saturated carbocycles. The van der Waals surface area contributed by atoms with Crippen LogP contribution in [0, 0.1) is 5.92 Å². The number of aliphatic hydroxyl groups excluding tert-OH is 2. The summed E-state index contributed by atoms with van der Waals surface area (Å²) in [5.74, 6) is 0.213. The average molecular weight is 342 g/mol. The van der Waals surface area contributed by atoms with Crippen molar-refractivity contribution >= 4 is 6.09 Å². The lowest BCUT2D eigenvalue weighted by molar-refractivity contribution is -0.00916. The number of rotatable bonds is 6. The van der Waals surface area contributed by atoms with E-state index in [2.05, 4.69) is 4.90 Å². The first-order valence-corrected chi connectivity index (χ1v) is 9.31. The molecule has 0 unspecified atom stereocenters. The minimum Gasteiger partial charge on any atom is -0.444 e. The van der Waals surface area contributed by atoms with E-state index >= 15 is 0 Å². The molecule has 1 amide bonds. The second kappa shape index (κ2) is 8.50. The maximum atomic E-state index is 12.1. The molecule has 2 N–H and O–H groups in total. The molecule has 0 aromatic heterocycles. The third kappa shape index (κ3) is 5.60. The molecule has 0 radical (unpaired) electrons. The van der Waals surface area contributed by atoms with Crippen molar-refractivity contribution in [2.24, 2.45) is 5.92 Å². The first-order valence-electron chi connectivity index (χ1n) is 9.31. The Morgan fingerprint density at radius 3 is 2.33 bits per heavy atom. The summed E-state index contributed by atoms with van der Waals surface area (Å²) in [6, 6.07) is 0.522. The second-order valence-electron chi connectivity index (χ2n) is 8.18. The summed E-state index contributed by atoms with van der Waals surface area (Å²) in [6.45, 7) is 8.30. The number of likely N-dealkylation sites (tertiary alicyclic amines) is 1. The largest absolute Gasteiger partial charge is 0.444 e. The van der Waals surface area contributed by atoms with Crippen molar-refractivity contribution in [3.8, 4) is 0 Å². The molecule has 2 rings (SSSR count). The van der Waals surface area contributed by atoms with Gasteiger partial charge in [-0.1, -0.05) is 6.42 Å². The fraction of sp³-hybridized carbons (Fsp3) is 0.944. The molecule has 1 saturated heterocycles. The molecule has 2 aliphatic rings. The fourth-order valence-corrected chi connectivity index (χ4v) is 3.49. The molecule has 140 valence electrons. The highest BCUT2D eigenvalue weighted by atomic mass is 16.6. The number of nitrogens with zero attached hydrogens (tertiary/aromatic N) is 2. The van der Waals surface area contributed by atoms with Crippen LogP contribution in [0.5, 0.6) is 0 Å². The minimum absolute atomic E-state index is 0.139. The molecule has 0 aromatic rings. The molecule has 1 heterocycles. The molecule has 1 aliphatic carbocycles. The van der Waals surface area contributed by atoms with Gasteiger partial charge < -0.3 is 19.8 Å². The monoisotopic (exact) mass is 342 g/mol. The fourth-order valence-electron chi connectivity index (χ4n) is 3.49. The van der Waals surface area contributed by atoms with Gasteiger partial charge in [0, 0.05) is 32.2 Å². The molecule has 1 aliphatic heterocycles. The summed E-state index contributed by atoms with van der Waals surface area (Å²) < 4.78 is 5.41. The van der Waals surface area contributed by atoms with Crippen LogP contribution in [0.1, 0.15) is 52.9 Å². The van der Waals surface area contributed by atoms with Gasteiger partial charge in [-0.2, -0.15) is 0 Å². The van der Waals surface area contributed by atoms with E-state index in [1.807, 2.05) is 20.8 Å². The highest BCUT2D eigenvalue weighted by Crippen LogP contribution is 2.27. The van der Waals surface area contributed by atoms with Crippen LogP contribution in [0.4, 0.5) is 4.79 Å². The molecule has 1 atom stereocenters. The summed E-state index contributed by atoms with van der Waals surface area (Å²) in [6.07, 6.45) is 4.55. The molecular formula is C18H34N2O4. The summed E-state index contributed by atoms with van der Waals surface area (Å²) in [5, 5.41) is 19.8. The molecule has 6 nitrogen and oxygen atoms in total. The number of ether oxygens (including phenoxy) is 1. The van der Waals surface area contributed by atoms with Gasteiger partial charge in [-0.15, -0.1) is 0 Å². The van der Waals surface area contributed by atoms with Gasteiger partial charge in [0.25, 0.3) is 0 Å². The van der Waals surface area contributed by atoms with Crippen molar-refractivity contribution in [1.82, 2.24) is 9.80 Å². The third-order valence-electron chi connectivity index (χ3n) is 5.14. The third-order valence-corrected chi connectivity index (χ3v) is 5.14. The van der Waals surface area contributed by atoms with Gasteiger partial charge in [0.1, 0.15) is 5.60 Å². The average Bonchev–Trinajstić information content (AvgIpc) is 2.44. The Bertz CT molecular complexity index is 398. The first-order chi connectivity index (χ1) is 11.3. The SMILES string of the molecule is CC(C)(C)OC(=O)N1CCC([C@@H](O)CN(CCO)C2CCC2)CC1. The number of piperidine rings is 1. The highest BCUT2D eigenvalue weighted by Gasteiger charge is 2.32. The van der Waals surface area contributed by atoms with Crippen LogP contribution >= 0.6 is 0 Å². The first kappa shape index (κ1) is 19.5. The second-order valence-corrected chi connectivity index (χ2v) is 8.18. The van der Waals surface area contributed by atoms with Crippen LogP contribution in [0.25, 0.3) is 0 Å². The van der Waals surface area contributed by atoms with Gasteiger partial charge in [-0.3, -0.25) is 4.90 Å². The van der Waals surface area contributed by atoms with Crippen LogP contribution in [0.15, 0.2) is 0 Å². The van der Waals surface area contributed by atoms with Gasteiger partial charge in [0.05, 0.1) is 12.7 Å². The van der Waals surface area contributed by atoms with Gasteiger partial charge in [-0.05, 0) is 52.4 Å². The van der Waals surface area contributed by atoms with E-state index in [9.17, 15) is 15.0 Å². The normalized spacial score (nSPS) is 21.7. The number of amides is 1. The lowest BCUT2D eigenvalue weighted by Gasteiger charge is -2.41. The number of carbonyl (C=O) groups is 1. The molecule has 24 heavy (non-hydrogen) atoms. The van der Waals surface area contributed by atoms with E-state index in [1.54, 1.807) is 4.90 Å². The Labute approximate surface area is 145 Å². The summed E-state index contributed by atoms with van der Waals surface area (Å²) in [4.78, 5) is 16.1. The molecular weight excluding hydrogens is 308 g/mol. The van der Waals surface area contributed by atoms with Crippen molar-refractivity contribution in [3.63, 3.8) is 0 Å². The summed E-state index contributed by atoms with van der Waals surface area (Å²) >= 11 is 0. The van der Waals surface area contributed by atoms with E-state index in [1.165, 1.54) is 19.3 Å². The van der Waals surface area contributed by atoms with Crippen LogP contribution in [0.3, 0.4) is 0 Å². The predicted octanol–water partition coefficient (Wildman–Crippen LogP) is 1.84. The van der Waals surface area contributed by atoms with Crippen molar-refractivity contribution in [2.75, 3.05) is 32.8 Å². The van der Waals surface area contributed by atoms with Crippen LogP contribution < -0.4 is 0 Å². The lowest BCUT2D eigenvalue weighted by atomic mass is 9.88. The van der Waals surface area contributed by atoms with Crippen LogP contribution in [-0.4, -0.2) is 76.6 Å². The van der Waals surface area contributed by atoms with Crippen LogP contribution in [-0.2, 0) is 4.74 Å². The van der Waals surface area contributed by atoms with Gasteiger partial charge in [0.15, 0.2) is 0 Å². The topological polar surface area (TPSA) is 73.2 Å². The smallest absolute Gasteiger partial charge is 0.410 e. The zero-order chi connectivity index (χ0) is 17.7. The van der Waals surface area contributed by atoms with Gasteiger partial charge in [0.2, 0.25) is 0 Å². The summed E-state index contributed by atoms with van der Waals surface area (Å²) in [7, 11) is 0. The van der Waals surface area contributed by atoms with E-state index in [4.69, 9.17) is 4.74 Å². The Hall–Kier alpha value is -0.850. The maximum absolute atomic E-state index is 12.1. The Morgan fingerprint density at radius 2 is 1.88 bits per heavy atom. The molecule has 6 heteroatoms. The van der Waals surface area contributed by atoms with E-state index < -0.39 is 11.7 Å². The number of hydrogen-bond donors (Lipinski definition) is 2. The summed E-state index contributed by atoms with van der Waals surface area (Å²) in [5.41, 5.74) is -0.471. The Kier molecular flexibility index (Phi) is 6.89. The predicted molar refractivity (Wildman–Crippen MR) is 92.8 cm³/mol. The molecule has 0 spiro atoms. The number of carbonyl (C=O) groups excluding carboxylic acids is 1. The maximum Gasteiger partial charge on any atom is 0.410 e.